The largest absolute Gasteiger partial charge is 0.368 e. The summed E-state index contributed by atoms with van der Waals surface area (Å²) in [6.07, 6.45) is 7.94. The van der Waals surface area contributed by atoms with Crippen LogP contribution in [-0.4, -0.2) is 37.7 Å². The third kappa shape index (κ3) is 6.20. The highest BCUT2D eigenvalue weighted by Gasteiger charge is 2.31. The maximum absolute atomic E-state index is 12.3. The highest BCUT2D eigenvalue weighted by molar-refractivity contribution is 5.94. The van der Waals surface area contributed by atoms with Crippen molar-refractivity contribution in [1.29, 1.82) is 0 Å². The second kappa shape index (κ2) is 10.6. The molecule has 1 aliphatic carbocycles. The summed E-state index contributed by atoms with van der Waals surface area (Å²) in [7, 11) is 0. The summed E-state index contributed by atoms with van der Waals surface area (Å²) in [6, 6.07) is 7.90. The molecule has 1 saturated carbocycles. The van der Waals surface area contributed by atoms with Gasteiger partial charge in [0.25, 0.3) is 5.91 Å². The number of amides is 1. The SMILES string of the molecule is CCNC(=NCc1cccc(NC(=O)C2CCCO2)c1)NCC1(CC)CCCC1. The van der Waals surface area contributed by atoms with Crippen LogP contribution < -0.4 is 16.0 Å². The van der Waals surface area contributed by atoms with Crippen molar-refractivity contribution in [2.45, 2.75) is 71.4 Å². The van der Waals surface area contributed by atoms with Gasteiger partial charge in [-0.2, -0.15) is 0 Å². The first-order valence-electron chi connectivity index (χ1n) is 11.2. The fourth-order valence-electron chi connectivity index (χ4n) is 4.32. The lowest BCUT2D eigenvalue weighted by Gasteiger charge is -2.28. The highest BCUT2D eigenvalue weighted by atomic mass is 16.5. The molecule has 1 aromatic rings. The average molecular weight is 401 g/mol. The molecular formula is C23H36N4O2. The fraction of sp³-hybridized carbons (Fsp3) is 0.652. The number of rotatable bonds is 8. The molecule has 29 heavy (non-hydrogen) atoms. The third-order valence-corrected chi connectivity index (χ3v) is 6.23. The van der Waals surface area contributed by atoms with Crippen molar-refractivity contribution in [2.24, 2.45) is 10.4 Å². The summed E-state index contributed by atoms with van der Waals surface area (Å²) < 4.78 is 5.46. The summed E-state index contributed by atoms with van der Waals surface area (Å²) in [6.45, 7) is 7.44. The minimum absolute atomic E-state index is 0.0559. The van der Waals surface area contributed by atoms with Crippen molar-refractivity contribution in [2.75, 3.05) is 25.0 Å². The first-order valence-corrected chi connectivity index (χ1v) is 11.2. The minimum atomic E-state index is -0.317. The number of carbonyl (C=O) groups is 1. The molecule has 1 amide bonds. The molecule has 1 aromatic carbocycles. The van der Waals surface area contributed by atoms with E-state index in [4.69, 9.17) is 9.73 Å². The molecule has 3 N–H and O–H groups in total. The van der Waals surface area contributed by atoms with E-state index < -0.39 is 0 Å². The van der Waals surface area contributed by atoms with Crippen molar-refractivity contribution < 1.29 is 9.53 Å². The maximum atomic E-state index is 12.3. The van der Waals surface area contributed by atoms with E-state index in [0.717, 1.165) is 43.1 Å². The van der Waals surface area contributed by atoms with E-state index in [2.05, 4.69) is 29.8 Å². The fourth-order valence-corrected chi connectivity index (χ4v) is 4.32. The zero-order chi connectivity index (χ0) is 20.5. The smallest absolute Gasteiger partial charge is 0.253 e. The first-order chi connectivity index (χ1) is 14.1. The second-order valence-corrected chi connectivity index (χ2v) is 8.30. The molecule has 0 radical (unpaired) electrons. The maximum Gasteiger partial charge on any atom is 0.253 e. The lowest BCUT2D eigenvalue weighted by molar-refractivity contribution is -0.124. The van der Waals surface area contributed by atoms with Gasteiger partial charge in [-0.1, -0.05) is 31.9 Å². The number of guanidine groups is 1. The summed E-state index contributed by atoms with van der Waals surface area (Å²) >= 11 is 0. The molecule has 6 nitrogen and oxygen atoms in total. The molecule has 1 heterocycles. The molecule has 0 spiro atoms. The Balaban J connectivity index is 1.57. The van der Waals surface area contributed by atoms with Gasteiger partial charge in [0.15, 0.2) is 5.96 Å². The molecule has 1 saturated heterocycles. The van der Waals surface area contributed by atoms with Crippen LogP contribution in [-0.2, 0) is 16.1 Å². The third-order valence-electron chi connectivity index (χ3n) is 6.23. The monoisotopic (exact) mass is 400 g/mol. The summed E-state index contributed by atoms with van der Waals surface area (Å²) in [5.74, 6) is 0.806. The molecule has 2 fully saturated rings. The quantitative estimate of drug-likeness (QED) is 0.458. The minimum Gasteiger partial charge on any atom is -0.368 e. The first kappa shape index (κ1) is 21.6. The number of anilines is 1. The van der Waals surface area contributed by atoms with Gasteiger partial charge in [0, 0.05) is 25.4 Å². The Bertz CT molecular complexity index is 692. The molecule has 1 aliphatic heterocycles. The molecule has 0 aromatic heterocycles. The normalized spacial score (nSPS) is 21.2. The molecule has 0 bridgehead atoms. The Labute approximate surface area is 174 Å². The van der Waals surface area contributed by atoms with Crippen LogP contribution in [0.4, 0.5) is 5.69 Å². The van der Waals surface area contributed by atoms with Gasteiger partial charge >= 0.3 is 0 Å². The molecule has 1 atom stereocenters. The van der Waals surface area contributed by atoms with E-state index in [0.29, 0.717) is 18.6 Å². The topological polar surface area (TPSA) is 74.8 Å². The van der Waals surface area contributed by atoms with Gasteiger partial charge in [0.2, 0.25) is 0 Å². The van der Waals surface area contributed by atoms with Crippen molar-refractivity contribution in [1.82, 2.24) is 10.6 Å². The van der Waals surface area contributed by atoms with Crippen LogP contribution in [0.3, 0.4) is 0 Å². The van der Waals surface area contributed by atoms with Gasteiger partial charge < -0.3 is 20.7 Å². The Morgan fingerprint density at radius 3 is 2.72 bits per heavy atom. The number of hydrogen-bond acceptors (Lipinski definition) is 3. The van der Waals surface area contributed by atoms with Gasteiger partial charge in [-0.3, -0.25) is 4.79 Å². The van der Waals surface area contributed by atoms with Crippen LogP contribution in [0, 0.1) is 5.41 Å². The van der Waals surface area contributed by atoms with Crippen LogP contribution in [0.5, 0.6) is 0 Å². The van der Waals surface area contributed by atoms with Crippen LogP contribution in [0.1, 0.15) is 64.4 Å². The predicted molar refractivity (Wildman–Crippen MR) is 118 cm³/mol. The van der Waals surface area contributed by atoms with E-state index in [-0.39, 0.29) is 12.0 Å². The van der Waals surface area contributed by atoms with Gasteiger partial charge in [0.1, 0.15) is 6.10 Å². The van der Waals surface area contributed by atoms with E-state index in [9.17, 15) is 4.79 Å². The van der Waals surface area contributed by atoms with Gasteiger partial charge in [-0.25, -0.2) is 4.99 Å². The summed E-state index contributed by atoms with van der Waals surface area (Å²) in [5.41, 5.74) is 2.29. The van der Waals surface area contributed by atoms with E-state index in [1.165, 1.54) is 32.1 Å². The van der Waals surface area contributed by atoms with Gasteiger partial charge in [0.05, 0.1) is 6.54 Å². The Kier molecular flexibility index (Phi) is 7.92. The highest BCUT2D eigenvalue weighted by Crippen LogP contribution is 2.40. The number of nitrogens with one attached hydrogen (secondary N) is 3. The van der Waals surface area contributed by atoms with Crippen LogP contribution in [0.25, 0.3) is 0 Å². The Hall–Kier alpha value is -2.08. The lowest BCUT2D eigenvalue weighted by Crippen LogP contribution is -2.42. The molecule has 2 aliphatic rings. The summed E-state index contributed by atoms with van der Waals surface area (Å²) in [5, 5.41) is 9.88. The van der Waals surface area contributed by atoms with E-state index >= 15 is 0 Å². The molecule has 6 heteroatoms. The predicted octanol–water partition coefficient (Wildman–Crippen LogP) is 3.83. The number of carbonyl (C=O) groups excluding carboxylic acids is 1. The van der Waals surface area contributed by atoms with Gasteiger partial charge in [-0.15, -0.1) is 0 Å². The zero-order valence-corrected chi connectivity index (χ0v) is 17.9. The van der Waals surface area contributed by atoms with Crippen LogP contribution in [0.2, 0.25) is 0 Å². The average Bonchev–Trinajstić information content (AvgIpc) is 3.43. The number of nitrogens with zero attached hydrogens (tertiary/aromatic N) is 1. The van der Waals surface area contributed by atoms with Crippen molar-refractivity contribution in [3.63, 3.8) is 0 Å². The number of aliphatic imine (C=N–C) groups is 1. The number of hydrogen-bond donors (Lipinski definition) is 3. The Morgan fingerprint density at radius 2 is 2.03 bits per heavy atom. The van der Waals surface area contributed by atoms with Crippen molar-refractivity contribution >= 4 is 17.6 Å². The van der Waals surface area contributed by atoms with E-state index in [1.54, 1.807) is 0 Å². The number of ether oxygens (including phenoxy) is 1. The molecule has 3 rings (SSSR count). The van der Waals surface area contributed by atoms with Crippen LogP contribution in [0.15, 0.2) is 29.3 Å². The number of benzene rings is 1. The van der Waals surface area contributed by atoms with Gasteiger partial charge in [-0.05, 0) is 62.1 Å². The molecular weight excluding hydrogens is 364 g/mol. The van der Waals surface area contributed by atoms with Crippen molar-refractivity contribution in [3.8, 4) is 0 Å². The second-order valence-electron chi connectivity index (χ2n) is 8.30. The lowest BCUT2D eigenvalue weighted by atomic mass is 9.83. The summed E-state index contributed by atoms with van der Waals surface area (Å²) in [4.78, 5) is 17.0. The standard InChI is InChI=1S/C23H36N4O2/c1-3-23(12-5-6-13-23)17-26-22(24-4-2)25-16-18-9-7-10-19(15-18)27-21(28)20-11-8-14-29-20/h7,9-10,15,20H,3-6,8,11-14,16-17H2,1-2H3,(H,27,28)(H2,24,25,26). The molecule has 160 valence electrons. The van der Waals surface area contributed by atoms with Crippen LogP contribution >= 0.6 is 0 Å². The Morgan fingerprint density at radius 1 is 1.21 bits per heavy atom. The zero-order valence-electron chi connectivity index (χ0n) is 17.9. The van der Waals surface area contributed by atoms with E-state index in [1.807, 2.05) is 24.3 Å². The molecule has 1 unspecified atom stereocenters. The van der Waals surface area contributed by atoms with Crippen molar-refractivity contribution in [3.05, 3.63) is 29.8 Å².